The second-order valence-corrected chi connectivity index (χ2v) is 3.99. The van der Waals surface area contributed by atoms with E-state index in [4.69, 9.17) is 0 Å². The molecule has 1 aliphatic rings. The second kappa shape index (κ2) is 4.62. The molecule has 1 fully saturated rings. The molecule has 2 heterocycles. The maximum Gasteiger partial charge on any atom is 0.0506 e. The van der Waals surface area contributed by atoms with Crippen molar-refractivity contribution in [3.05, 3.63) is 24.0 Å². The van der Waals surface area contributed by atoms with Gasteiger partial charge in [-0.3, -0.25) is 0 Å². The molecule has 1 aromatic rings. The van der Waals surface area contributed by atoms with Crippen molar-refractivity contribution in [1.29, 1.82) is 0 Å². The molecule has 0 bridgehead atoms. The quantitative estimate of drug-likeness (QED) is 0.785. The molecule has 14 heavy (non-hydrogen) atoms. The van der Waals surface area contributed by atoms with Gasteiger partial charge in [0, 0.05) is 32.0 Å². The van der Waals surface area contributed by atoms with Gasteiger partial charge in [0.05, 0.1) is 6.54 Å². The Morgan fingerprint density at radius 2 is 2.07 bits per heavy atom. The van der Waals surface area contributed by atoms with Crippen molar-refractivity contribution in [2.75, 3.05) is 13.1 Å². The van der Waals surface area contributed by atoms with Crippen molar-refractivity contribution in [1.82, 2.24) is 15.0 Å². The molecule has 1 saturated heterocycles. The van der Waals surface area contributed by atoms with E-state index >= 15 is 0 Å². The first kappa shape index (κ1) is 9.74. The average molecular weight is 193 g/mol. The van der Waals surface area contributed by atoms with E-state index in [0.29, 0.717) is 0 Å². The zero-order valence-electron chi connectivity index (χ0n) is 8.87. The van der Waals surface area contributed by atoms with Crippen LogP contribution in [-0.4, -0.2) is 22.7 Å². The fraction of sp³-hybridized carbons (Fsp3) is 0.636. The van der Waals surface area contributed by atoms with Crippen LogP contribution in [0.1, 0.15) is 25.0 Å². The van der Waals surface area contributed by atoms with Gasteiger partial charge in [-0.25, -0.2) is 10.4 Å². The Labute approximate surface area is 85.7 Å². The lowest BCUT2D eigenvalue weighted by molar-refractivity contribution is 0.150. The first-order valence-corrected chi connectivity index (χ1v) is 5.45. The Hall–Kier alpha value is -0.800. The molecule has 0 atom stereocenters. The van der Waals surface area contributed by atoms with E-state index in [2.05, 4.69) is 40.4 Å². The zero-order valence-corrected chi connectivity index (χ0v) is 8.87. The van der Waals surface area contributed by atoms with Gasteiger partial charge in [-0.1, -0.05) is 6.42 Å². The number of nitrogens with zero attached hydrogens (tertiary/aromatic N) is 2. The summed E-state index contributed by atoms with van der Waals surface area (Å²) in [4.78, 5) is 0. The van der Waals surface area contributed by atoms with Crippen LogP contribution in [0.4, 0.5) is 0 Å². The highest BCUT2D eigenvalue weighted by Crippen LogP contribution is 2.07. The summed E-state index contributed by atoms with van der Waals surface area (Å²) < 4.78 is 2.16. The van der Waals surface area contributed by atoms with Crippen molar-refractivity contribution in [2.24, 2.45) is 7.05 Å². The van der Waals surface area contributed by atoms with E-state index < -0.39 is 0 Å². The van der Waals surface area contributed by atoms with Crippen molar-refractivity contribution in [3.8, 4) is 0 Å². The van der Waals surface area contributed by atoms with Crippen LogP contribution in [0, 0.1) is 0 Å². The highest BCUT2D eigenvalue weighted by atomic mass is 15.5. The lowest BCUT2D eigenvalue weighted by atomic mass is 10.2. The SMILES string of the molecule is Cn1cccc1CNN1CCCCC1. The van der Waals surface area contributed by atoms with Crippen molar-refractivity contribution >= 4 is 0 Å². The maximum absolute atomic E-state index is 3.48. The number of hydrogen-bond donors (Lipinski definition) is 1. The zero-order chi connectivity index (χ0) is 9.80. The Kier molecular flexibility index (Phi) is 3.22. The number of aryl methyl sites for hydroxylation is 1. The van der Waals surface area contributed by atoms with E-state index in [1.807, 2.05) is 0 Å². The summed E-state index contributed by atoms with van der Waals surface area (Å²) in [5.41, 5.74) is 4.82. The molecule has 0 spiro atoms. The van der Waals surface area contributed by atoms with Crippen LogP contribution >= 0.6 is 0 Å². The summed E-state index contributed by atoms with van der Waals surface area (Å²) in [6, 6.07) is 4.25. The summed E-state index contributed by atoms with van der Waals surface area (Å²) >= 11 is 0. The molecule has 0 saturated carbocycles. The number of nitrogens with one attached hydrogen (secondary N) is 1. The van der Waals surface area contributed by atoms with Gasteiger partial charge < -0.3 is 4.57 Å². The van der Waals surface area contributed by atoms with Gasteiger partial charge in [0.2, 0.25) is 0 Å². The van der Waals surface area contributed by atoms with Gasteiger partial charge in [0.15, 0.2) is 0 Å². The fourth-order valence-corrected chi connectivity index (χ4v) is 1.92. The summed E-state index contributed by atoms with van der Waals surface area (Å²) in [5.74, 6) is 0. The molecule has 1 aromatic heterocycles. The van der Waals surface area contributed by atoms with E-state index in [9.17, 15) is 0 Å². The van der Waals surface area contributed by atoms with Gasteiger partial charge in [0.25, 0.3) is 0 Å². The molecule has 0 aromatic carbocycles. The Balaban J connectivity index is 1.79. The fourth-order valence-electron chi connectivity index (χ4n) is 1.92. The van der Waals surface area contributed by atoms with Gasteiger partial charge >= 0.3 is 0 Å². The van der Waals surface area contributed by atoms with Crippen LogP contribution in [0.15, 0.2) is 18.3 Å². The molecule has 3 nitrogen and oxygen atoms in total. The molecule has 3 heteroatoms. The van der Waals surface area contributed by atoms with Gasteiger partial charge in [-0.15, -0.1) is 0 Å². The molecule has 2 rings (SSSR count). The van der Waals surface area contributed by atoms with Crippen LogP contribution in [-0.2, 0) is 13.6 Å². The van der Waals surface area contributed by atoms with E-state index in [1.54, 1.807) is 0 Å². The van der Waals surface area contributed by atoms with Crippen LogP contribution in [0.25, 0.3) is 0 Å². The summed E-state index contributed by atoms with van der Waals surface area (Å²) in [6.45, 7) is 3.35. The third kappa shape index (κ3) is 2.36. The molecule has 1 aliphatic heterocycles. The minimum absolute atomic E-state index is 0.948. The largest absolute Gasteiger partial charge is 0.353 e. The lowest BCUT2D eigenvalue weighted by Gasteiger charge is -2.27. The van der Waals surface area contributed by atoms with Crippen LogP contribution in [0.3, 0.4) is 0 Å². The normalized spacial score (nSPS) is 18.6. The second-order valence-electron chi connectivity index (χ2n) is 3.99. The average Bonchev–Trinajstić information content (AvgIpc) is 2.63. The third-order valence-corrected chi connectivity index (χ3v) is 2.89. The molecule has 0 aliphatic carbocycles. The molecule has 78 valence electrons. The van der Waals surface area contributed by atoms with Crippen molar-refractivity contribution < 1.29 is 0 Å². The van der Waals surface area contributed by atoms with E-state index in [-0.39, 0.29) is 0 Å². The van der Waals surface area contributed by atoms with E-state index in [1.165, 1.54) is 38.0 Å². The first-order chi connectivity index (χ1) is 6.86. The number of aromatic nitrogens is 1. The first-order valence-electron chi connectivity index (χ1n) is 5.45. The van der Waals surface area contributed by atoms with Crippen LogP contribution in [0.5, 0.6) is 0 Å². The minimum Gasteiger partial charge on any atom is -0.353 e. The number of rotatable bonds is 3. The predicted molar refractivity (Wildman–Crippen MR) is 57.7 cm³/mol. The summed E-state index contributed by atoms with van der Waals surface area (Å²) in [7, 11) is 2.09. The molecule has 0 unspecified atom stereocenters. The Morgan fingerprint density at radius 3 is 2.71 bits per heavy atom. The highest BCUT2D eigenvalue weighted by Gasteiger charge is 2.09. The van der Waals surface area contributed by atoms with Gasteiger partial charge in [-0.2, -0.15) is 0 Å². The van der Waals surface area contributed by atoms with E-state index in [0.717, 1.165) is 6.54 Å². The molecule has 0 amide bonds. The topological polar surface area (TPSA) is 20.2 Å². The van der Waals surface area contributed by atoms with Crippen molar-refractivity contribution in [2.45, 2.75) is 25.8 Å². The molecular formula is C11H19N3. The predicted octanol–water partition coefficient (Wildman–Crippen LogP) is 1.52. The monoisotopic (exact) mass is 193 g/mol. The molecule has 0 radical (unpaired) electrons. The number of hydrazine groups is 1. The van der Waals surface area contributed by atoms with Gasteiger partial charge in [0.1, 0.15) is 0 Å². The lowest BCUT2D eigenvalue weighted by Crippen LogP contribution is -2.41. The molecular weight excluding hydrogens is 174 g/mol. The maximum atomic E-state index is 3.48. The Bertz CT molecular complexity index is 274. The number of hydrogen-bond acceptors (Lipinski definition) is 2. The standard InChI is InChI=1S/C11H19N3/c1-13-7-5-6-11(13)10-12-14-8-3-2-4-9-14/h5-7,12H,2-4,8-10H2,1H3. The minimum atomic E-state index is 0.948. The summed E-state index contributed by atoms with van der Waals surface area (Å²) in [5, 5.41) is 2.34. The van der Waals surface area contributed by atoms with Gasteiger partial charge in [-0.05, 0) is 25.0 Å². The number of piperidine rings is 1. The Morgan fingerprint density at radius 1 is 1.29 bits per heavy atom. The smallest absolute Gasteiger partial charge is 0.0506 e. The third-order valence-electron chi connectivity index (χ3n) is 2.89. The summed E-state index contributed by atoms with van der Waals surface area (Å²) in [6.07, 6.45) is 6.15. The molecule has 1 N–H and O–H groups in total. The van der Waals surface area contributed by atoms with Crippen LogP contribution < -0.4 is 5.43 Å². The van der Waals surface area contributed by atoms with Crippen molar-refractivity contribution in [3.63, 3.8) is 0 Å². The highest BCUT2D eigenvalue weighted by molar-refractivity contribution is 5.05. The van der Waals surface area contributed by atoms with Crippen LogP contribution in [0.2, 0.25) is 0 Å².